The van der Waals surface area contributed by atoms with Crippen LogP contribution in [0.1, 0.15) is 0 Å². The number of benzene rings is 1. The van der Waals surface area contributed by atoms with E-state index >= 15 is 0 Å². The normalized spacial score (nSPS) is 16.7. The first-order valence-electron chi connectivity index (χ1n) is 5.80. The molecule has 1 heterocycles. The average Bonchev–Trinajstić information content (AvgIpc) is 2.39. The van der Waals surface area contributed by atoms with Crippen molar-refractivity contribution in [2.75, 3.05) is 45.2 Å². The maximum absolute atomic E-state index is 10.7. The van der Waals surface area contributed by atoms with Gasteiger partial charge >= 0.3 is 0 Å². The van der Waals surface area contributed by atoms with E-state index < -0.39 is 0 Å². The predicted molar refractivity (Wildman–Crippen MR) is 75.9 cm³/mol. The molecule has 18 heavy (non-hydrogen) atoms. The zero-order valence-electron chi connectivity index (χ0n) is 10.5. The van der Waals surface area contributed by atoms with Gasteiger partial charge in [0.25, 0.3) is 0 Å². The SMILES string of the molecule is COc1cc(N2CCN(C)CC2)c(Br)cc1N=O. The van der Waals surface area contributed by atoms with Gasteiger partial charge in [-0.25, -0.2) is 0 Å². The quantitative estimate of drug-likeness (QED) is 0.805. The number of methoxy groups -OCH3 is 1. The van der Waals surface area contributed by atoms with E-state index in [4.69, 9.17) is 4.74 Å². The van der Waals surface area contributed by atoms with Crippen LogP contribution < -0.4 is 9.64 Å². The standard InChI is InChI=1S/C12H16BrN3O2/c1-15-3-5-16(6-4-15)11-8-12(18-2)10(14-17)7-9(11)13/h7-8H,3-6H2,1-2H3. The van der Waals surface area contributed by atoms with Crippen molar-refractivity contribution in [1.29, 1.82) is 0 Å². The summed E-state index contributed by atoms with van der Waals surface area (Å²) >= 11 is 3.49. The summed E-state index contributed by atoms with van der Waals surface area (Å²) in [4.78, 5) is 15.3. The van der Waals surface area contributed by atoms with Gasteiger partial charge < -0.3 is 14.5 Å². The summed E-state index contributed by atoms with van der Waals surface area (Å²) in [6.07, 6.45) is 0. The summed E-state index contributed by atoms with van der Waals surface area (Å²) in [5, 5.41) is 2.97. The second kappa shape index (κ2) is 5.67. The fourth-order valence-electron chi connectivity index (χ4n) is 2.06. The molecule has 1 aromatic carbocycles. The highest BCUT2D eigenvalue weighted by atomic mass is 79.9. The highest BCUT2D eigenvalue weighted by molar-refractivity contribution is 9.10. The van der Waals surface area contributed by atoms with E-state index in [2.05, 4.69) is 38.0 Å². The van der Waals surface area contributed by atoms with Crippen LogP contribution in [-0.4, -0.2) is 45.2 Å². The predicted octanol–water partition coefficient (Wildman–Crippen LogP) is 2.61. The number of rotatable bonds is 3. The molecule has 0 spiro atoms. The van der Waals surface area contributed by atoms with Gasteiger partial charge in [0.15, 0.2) is 5.69 Å². The van der Waals surface area contributed by atoms with Crippen molar-refractivity contribution in [3.8, 4) is 5.75 Å². The smallest absolute Gasteiger partial charge is 0.151 e. The number of halogens is 1. The molecule has 5 nitrogen and oxygen atoms in total. The molecule has 98 valence electrons. The molecule has 1 aromatic rings. The highest BCUT2D eigenvalue weighted by Crippen LogP contribution is 2.38. The van der Waals surface area contributed by atoms with Gasteiger partial charge in [0, 0.05) is 36.7 Å². The van der Waals surface area contributed by atoms with Crippen molar-refractivity contribution in [1.82, 2.24) is 4.90 Å². The Kier molecular flexibility index (Phi) is 4.19. The molecule has 0 bridgehead atoms. The number of nitrogens with zero attached hydrogens (tertiary/aromatic N) is 3. The Labute approximate surface area is 115 Å². The molecule has 0 unspecified atom stereocenters. The molecule has 1 aliphatic heterocycles. The number of likely N-dealkylation sites (N-methyl/N-ethyl adjacent to an activating group) is 1. The Bertz CT molecular complexity index is 445. The molecule has 0 amide bonds. The minimum atomic E-state index is 0.322. The third-order valence-corrected chi connectivity index (χ3v) is 3.83. The Hall–Kier alpha value is -1.14. The van der Waals surface area contributed by atoms with E-state index in [0.717, 1.165) is 36.3 Å². The number of hydrogen-bond acceptors (Lipinski definition) is 5. The van der Waals surface area contributed by atoms with Crippen molar-refractivity contribution in [3.63, 3.8) is 0 Å². The molecule has 1 fully saturated rings. The van der Waals surface area contributed by atoms with Gasteiger partial charge in [-0.05, 0) is 34.2 Å². The third-order valence-electron chi connectivity index (χ3n) is 3.19. The molecule has 0 aliphatic carbocycles. The molecule has 6 heteroatoms. The summed E-state index contributed by atoms with van der Waals surface area (Å²) in [6, 6.07) is 3.58. The number of hydrogen-bond donors (Lipinski definition) is 0. The number of piperazine rings is 1. The van der Waals surface area contributed by atoms with Gasteiger partial charge in [0.2, 0.25) is 0 Å². The second-order valence-electron chi connectivity index (χ2n) is 4.36. The number of ether oxygens (including phenoxy) is 1. The number of anilines is 1. The lowest BCUT2D eigenvalue weighted by molar-refractivity contribution is 0.312. The van der Waals surface area contributed by atoms with E-state index in [0.29, 0.717) is 11.4 Å². The van der Waals surface area contributed by atoms with Crippen molar-refractivity contribution in [2.45, 2.75) is 0 Å². The lowest BCUT2D eigenvalue weighted by Crippen LogP contribution is -2.44. The van der Waals surface area contributed by atoms with Crippen molar-refractivity contribution >= 4 is 27.3 Å². The van der Waals surface area contributed by atoms with Crippen molar-refractivity contribution in [2.24, 2.45) is 5.18 Å². The van der Waals surface area contributed by atoms with E-state index in [1.807, 2.05) is 6.07 Å². The first kappa shape index (κ1) is 13.3. The Morgan fingerprint density at radius 2 is 1.94 bits per heavy atom. The first-order chi connectivity index (χ1) is 8.65. The summed E-state index contributed by atoms with van der Waals surface area (Å²) in [5.74, 6) is 0.516. The van der Waals surface area contributed by atoms with Gasteiger partial charge in [-0.1, -0.05) is 0 Å². The van der Waals surface area contributed by atoms with Crippen LogP contribution in [0.4, 0.5) is 11.4 Å². The van der Waals surface area contributed by atoms with Crippen LogP contribution in [-0.2, 0) is 0 Å². The summed E-state index contributed by atoms with van der Waals surface area (Å²) < 4.78 is 6.07. The molecule has 0 atom stereocenters. The highest BCUT2D eigenvalue weighted by Gasteiger charge is 2.18. The van der Waals surface area contributed by atoms with Gasteiger partial charge in [-0.2, -0.15) is 0 Å². The van der Waals surface area contributed by atoms with Gasteiger partial charge in [0.05, 0.1) is 12.8 Å². The monoisotopic (exact) mass is 313 g/mol. The molecular formula is C12H16BrN3O2. The van der Waals surface area contributed by atoms with Crippen LogP contribution >= 0.6 is 15.9 Å². The molecular weight excluding hydrogens is 298 g/mol. The van der Waals surface area contributed by atoms with E-state index in [9.17, 15) is 4.91 Å². The molecule has 1 saturated heterocycles. The number of nitroso groups, excluding NO2 is 1. The van der Waals surface area contributed by atoms with Crippen LogP contribution in [0.25, 0.3) is 0 Å². The summed E-state index contributed by atoms with van der Waals surface area (Å²) in [6.45, 7) is 3.99. The second-order valence-corrected chi connectivity index (χ2v) is 5.21. The molecule has 0 N–H and O–H groups in total. The van der Waals surface area contributed by atoms with Crippen LogP contribution in [0.2, 0.25) is 0 Å². The largest absolute Gasteiger partial charge is 0.494 e. The Morgan fingerprint density at radius 3 is 2.50 bits per heavy atom. The minimum absolute atomic E-state index is 0.322. The van der Waals surface area contributed by atoms with Crippen LogP contribution in [0.15, 0.2) is 21.8 Å². The molecule has 1 aliphatic rings. The maximum atomic E-state index is 10.7. The van der Waals surface area contributed by atoms with E-state index in [1.54, 1.807) is 13.2 Å². The minimum Gasteiger partial charge on any atom is -0.494 e. The molecule has 0 radical (unpaired) electrons. The molecule has 0 saturated carbocycles. The Morgan fingerprint density at radius 1 is 1.28 bits per heavy atom. The Balaban J connectivity index is 2.30. The fourth-order valence-corrected chi connectivity index (χ4v) is 2.64. The van der Waals surface area contributed by atoms with Gasteiger partial charge in [-0.3, -0.25) is 0 Å². The van der Waals surface area contributed by atoms with Crippen LogP contribution in [0.5, 0.6) is 5.75 Å². The zero-order chi connectivity index (χ0) is 13.1. The fraction of sp³-hybridized carbons (Fsp3) is 0.500. The summed E-state index contributed by atoms with van der Waals surface area (Å²) in [5.41, 5.74) is 1.37. The van der Waals surface area contributed by atoms with Crippen molar-refractivity contribution < 1.29 is 4.74 Å². The van der Waals surface area contributed by atoms with E-state index in [1.165, 1.54) is 0 Å². The van der Waals surface area contributed by atoms with Gasteiger partial charge in [-0.15, -0.1) is 4.91 Å². The zero-order valence-corrected chi connectivity index (χ0v) is 12.1. The third kappa shape index (κ3) is 2.64. The lowest BCUT2D eigenvalue weighted by atomic mass is 10.2. The van der Waals surface area contributed by atoms with Crippen LogP contribution in [0, 0.1) is 4.91 Å². The summed E-state index contributed by atoms with van der Waals surface area (Å²) in [7, 11) is 3.66. The first-order valence-corrected chi connectivity index (χ1v) is 6.59. The van der Waals surface area contributed by atoms with Crippen molar-refractivity contribution in [3.05, 3.63) is 21.5 Å². The average molecular weight is 314 g/mol. The topological polar surface area (TPSA) is 45.1 Å². The lowest BCUT2D eigenvalue weighted by Gasteiger charge is -2.34. The molecule has 0 aromatic heterocycles. The van der Waals surface area contributed by atoms with E-state index in [-0.39, 0.29) is 0 Å². The molecule has 2 rings (SSSR count). The van der Waals surface area contributed by atoms with Gasteiger partial charge in [0.1, 0.15) is 5.75 Å². The maximum Gasteiger partial charge on any atom is 0.151 e. The van der Waals surface area contributed by atoms with Crippen LogP contribution in [0.3, 0.4) is 0 Å².